The minimum atomic E-state index is 0.453. The van der Waals surface area contributed by atoms with Gasteiger partial charge in [0, 0.05) is 18.9 Å². The first-order chi connectivity index (χ1) is 10.3. The van der Waals surface area contributed by atoms with E-state index < -0.39 is 0 Å². The van der Waals surface area contributed by atoms with Crippen LogP contribution < -0.4 is 10.6 Å². The van der Waals surface area contributed by atoms with Crippen LogP contribution in [-0.2, 0) is 6.54 Å². The highest BCUT2D eigenvalue weighted by Crippen LogP contribution is 2.14. The van der Waals surface area contributed by atoms with Crippen molar-refractivity contribution in [2.45, 2.75) is 13.5 Å². The number of rotatable bonds is 5. The Morgan fingerprint density at radius 1 is 1.38 bits per heavy atom. The average molecular weight is 281 g/mol. The molecule has 21 heavy (non-hydrogen) atoms. The molecule has 2 aromatic rings. The summed E-state index contributed by atoms with van der Waals surface area (Å²) in [6.07, 6.45) is 10.7. The molecule has 1 aromatic carbocycles. The molecule has 108 valence electrons. The summed E-state index contributed by atoms with van der Waals surface area (Å²) in [5.41, 5.74) is 2.19. The van der Waals surface area contributed by atoms with Crippen LogP contribution in [0, 0.1) is 12.3 Å². The Bertz CT molecular complexity index is 622. The van der Waals surface area contributed by atoms with Crippen molar-refractivity contribution < 1.29 is 0 Å². The molecule has 1 aromatic heterocycles. The van der Waals surface area contributed by atoms with Crippen LogP contribution in [0.25, 0.3) is 5.69 Å². The predicted octanol–water partition coefficient (Wildman–Crippen LogP) is 1.56. The van der Waals surface area contributed by atoms with Gasteiger partial charge in [0.2, 0.25) is 0 Å². The van der Waals surface area contributed by atoms with E-state index >= 15 is 0 Å². The van der Waals surface area contributed by atoms with E-state index in [1.54, 1.807) is 12.5 Å². The second-order valence-corrected chi connectivity index (χ2v) is 4.35. The number of hydrogen-bond donors (Lipinski definition) is 2. The first kappa shape index (κ1) is 14.7. The van der Waals surface area contributed by atoms with E-state index in [4.69, 9.17) is 6.42 Å². The zero-order valence-electron chi connectivity index (χ0n) is 12.1. The van der Waals surface area contributed by atoms with Crippen LogP contribution in [0.2, 0.25) is 0 Å². The molecule has 0 amide bonds. The molecule has 0 aliphatic rings. The Balaban J connectivity index is 2.17. The molecular formula is C16H19N5. The summed E-state index contributed by atoms with van der Waals surface area (Å²) >= 11 is 0. The van der Waals surface area contributed by atoms with Gasteiger partial charge < -0.3 is 15.2 Å². The predicted molar refractivity (Wildman–Crippen MR) is 85.2 cm³/mol. The molecule has 0 atom stereocenters. The van der Waals surface area contributed by atoms with Crippen molar-refractivity contribution >= 4 is 5.96 Å². The molecule has 2 rings (SSSR count). The zero-order valence-corrected chi connectivity index (χ0v) is 12.1. The average Bonchev–Trinajstić information content (AvgIpc) is 3.04. The molecule has 0 fully saturated rings. The van der Waals surface area contributed by atoms with Crippen molar-refractivity contribution in [3.63, 3.8) is 0 Å². The smallest absolute Gasteiger partial charge is 0.192 e. The molecule has 0 aliphatic heterocycles. The first-order valence-corrected chi connectivity index (χ1v) is 6.87. The summed E-state index contributed by atoms with van der Waals surface area (Å²) in [6.45, 7) is 3.83. The molecule has 0 bridgehead atoms. The minimum Gasteiger partial charge on any atom is -0.357 e. The van der Waals surface area contributed by atoms with E-state index in [9.17, 15) is 0 Å². The Labute approximate surface area is 125 Å². The standard InChI is InChI=1S/C16H19N5/c1-3-9-19-16(18-4-2)20-12-14-7-5-6-8-15(14)21-11-10-17-13-21/h1,5-8,10-11,13H,4,9,12H2,2H3,(H2,18,19,20). The highest BCUT2D eigenvalue weighted by atomic mass is 15.2. The van der Waals surface area contributed by atoms with Gasteiger partial charge in [-0.3, -0.25) is 0 Å². The molecule has 0 saturated carbocycles. The Morgan fingerprint density at radius 3 is 2.95 bits per heavy atom. The van der Waals surface area contributed by atoms with Gasteiger partial charge in [-0.25, -0.2) is 9.98 Å². The van der Waals surface area contributed by atoms with Crippen LogP contribution in [0.3, 0.4) is 0 Å². The molecular weight excluding hydrogens is 262 g/mol. The molecule has 0 unspecified atom stereocenters. The van der Waals surface area contributed by atoms with Crippen molar-refractivity contribution in [3.05, 3.63) is 48.5 Å². The number of terminal acetylenes is 1. The summed E-state index contributed by atoms with van der Waals surface area (Å²) < 4.78 is 1.98. The molecule has 5 heteroatoms. The highest BCUT2D eigenvalue weighted by Gasteiger charge is 2.03. The highest BCUT2D eigenvalue weighted by molar-refractivity contribution is 5.80. The second-order valence-electron chi connectivity index (χ2n) is 4.35. The van der Waals surface area contributed by atoms with Crippen LogP contribution >= 0.6 is 0 Å². The third kappa shape index (κ3) is 4.11. The Hall–Kier alpha value is -2.74. The topological polar surface area (TPSA) is 54.2 Å². The zero-order chi connectivity index (χ0) is 14.9. The fraction of sp³-hybridized carbons (Fsp3) is 0.250. The van der Waals surface area contributed by atoms with E-state index in [0.29, 0.717) is 13.1 Å². The fourth-order valence-corrected chi connectivity index (χ4v) is 1.94. The molecule has 2 N–H and O–H groups in total. The van der Waals surface area contributed by atoms with E-state index in [-0.39, 0.29) is 0 Å². The summed E-state index contributed by atoms with van der Waals surface area (Å²) in [5.74, 6) is 3.26. The number of nitrogens with one attached hydrogen (secondary N) is 2. The number of nitrogens with zero attached hydrogens (tertiary/aromatic N) is 3. The lowest BCUT2D eigenvalue weighted by Crippen LogP contribution is -2.37. The summed E-state index contributed by atoms with van der Waals surface area (Å²) in [5, 5.41) is 6.24. The molecule has 0 saturated heterocycles. The fourth-order valence-electron chi connectivity index (χ4n) is 1.94. The van der Waals surface area contributed by atoms with E-state index in [1.807, 2.05) is 35.9 Å². The van der Waals surface area contributed by atoms with Gasteiger partial charge in [0.05, 0.1) is 25.1 Å². The quantitative estimate of drug-likeness (QED) is 0.497. The third-order valence-electron chi connectivity index (χ3n) is 2.88. The first-order valence-electron chi connectivity index (χ1n) is 6.87. The van der Waals surface area contributed by atoms with Gasteiger partial charge in [0.1, 0.15) is 0 Å². The molecule has 1 heterocycles. The van der Waals surface area contributed by atoms with Crippen LogP contribution in [0.15, 0.2) is 48.0 Å². The number of aliphatic imine (C=N–C) groups is 1. The lowest BCUT2D eigenvalue weighted by Gasteiger charge is -2.11. The van der Waals surface area contributed by atoms with Crippen LogP contribution in [0.5, 0.6) is 0 Å². The van der Waals surface area contributed by atoms with Gasteiger partial charge in [0.15, 0.2) is 5.96 Å². The van der Waals surface area contributed by atoms with Crippen molar-refractivity contribution in [1.29, 1.82) is 0 Å². The number of aromatic nitrogens is 2. The van der Waals surface area contributed by atoms with Gasteiger partial charge >= 0.3 is 0 Å². The van der Waals surface area contributed by atoms with Crippen molar-refractivity contribution in [3.8, 4) is 18.0 Å². The second kappa shape index (κ2) is 7.75. The van der Waals surface area contributed by atoms with Gasteiger partial charge in [-0.2, -0.15) is 0 Å². The minimum absolute atomic E-state index is 0.453. The number of hydrogen-bond acceptors (Lipinski definition) is 2. The normalized spacial score (nSPS) is 11.0. The van der Waals surface area contributed by atoms with Crippen LogP contribution in [0.1, 0.15) is 12.5 Å². The maximum Gasteiger partial charge on any atom is 0.192 e. The number of imidazole rings is 1. The van der Waals surface area contributed by atoms with Gasteiger partial charge in [0.25, 0.3) is 0 Å². The Kier molecular flexibility index (Phi) is 5.41. The largest absolute Gasteiger partial charge is 0.357 e. The monoisotopic (exact) mass is 281 g/mol. The van der Waals surface area contributed by atoms with Gasteiger partial charge in [-0.05, 0) is 18.6 Å². The molecule has 0 radical (unpaired) electrons. The van der Waals surface area contributed by atoms with Crippen molar-refractivity contribution in [1.82, 2.24) is 20.2 Å². The number of guanidine groups is 1. The van der Waals surface area contributed by atoms with E-state index in [1.165, 1.54) is 0 Å². The van der Waals surface area contributed by atoms with Gasteiger partial charge in [-0.15, -0.1) is 6.42 Å². The maximum atomic E-state index is 5.26. The number of benzene rings is 1. The lowest BCUT2D eigenvalue weighted by atomic mass is 10.2. The van der Waals surface area contributed by atoms with E-state index in [2.05, 4.69) is 32.6 Å². The molecule has 0 spiro atoms. The lowest BCUT2D eigenvalue weighted by molar-refractivity contribution is 0.861. The summed E-state index contributed by atoms with van der Waals surface area (Å²) in [6, 6.07) is 8.12. The Morgan fingerprint density at radius 2 is 2.24 bits per heavy atom. The SMILES string of the molecule is C#CCNC(=NCc1ccccc1-n1ccnc1)NCC. The maximum absolute atomic E-state index is 5.26. The summed E-state index contributed by atoms with van der Waals surface area (Å²) in [4.78, 5) is 8.64. The van der Waals surface area contributed by atoms with Gasteiger partial charge in [-0.1, -0.05) is 24.1 Å². The van der Waals surface area contributed by atoms with Crippen molar-refractivity contribution in [2.24, 2.45) is 4.99 Å². The third-order valence-corrected chi connectivity index (χ3v) is 2.88. The van der Waals surface area contributed by atoms with Crippen LogP contribution in [0.4, 0.5) is 0 Å². The molecule has 0 aliphatic carbocycles. The van der Waals surface area contributed by atoms with Crippen LogP contribution in [-0.4, -0.2) is 28.6 Å². The summed E-state index contributed by atoms with van der Waals surface area (Å²) in [7, 11) is 0. The number of para-hydroxylation sites is 1. The van der Waals surface area contributed by atoms with E-state index in [0.717, 1.165) is 23.8 Å². The molecule has 5 nitrogen and oxygen atoms in total. The van der Waals surface area contributed by atoms with Crippen molar-refractivity contribution in [2.75, 3.05) is 13.1 Å².